The smallest absolute Gasteiger partial charge is 0.335 e. The number of hydrogen-bond donors (Lipinski definition) is 1. The first-order valence-electron chi connectivity index (χ1n) is 4.52. The number of halogens is 1. The van der Waals surface area contributed by atoms with Gasteiger partial charge >= 0.3 is 5.97 Å². The Hall–Kier alpha value is -1.02. The van der Waals surface area contributed by atoms with E-state index in [1.165, 1.54) is 0 Å². The number of hydrogen-bond acceptors (Lipinski definition) is 1. The van der Waals surface area contributed by atoms with E-state index in [2.05, 4.69) is 0 Å². The molecule has 0 unspecified atom stereocenters. The molecule has 0 fully saturated rings. The van der Waals surface area contributed by atoms with E-state index in [9.17, 15) is 4.79 Å². The maximum atomic E-state index is 10.6. The lowest BCUT2D eigenvalue weighted by atomic mass is 10.1. The molecule has 1 aromatic rings. The summed E-state index contributed by atoms with van der Waals surface area (Å²) in [7, 11) is 0. The second kappa shape index (κ2) is 5.66. The SMILES string of the molecule is CC.Cc1cc(C(=O)O)c(C)cc1Cl. The Morgan fingerprint density at radius 3 is 2.14 bits per heavy atom. The van der Waals surface area contributed by atoms with Crippen molar-refractivity contribution in [2.24, 2.45) is 0 Å². The van der Waals surface area contributed by atoms with Crippen LogP contribution in [0.4, 0.5) is 0 Å². The Balaban J connectivity index is 0.000000791. The van der Waals surface area contributed by atoms with Crippen molar-refractivity contribution in [1.82, 2.24) is 0 Å². The van der Waals surface area contributed by atoms with Crippen molar-refractivity contribution in [2.75, 3.05) is 0 Å². The van der Waals surface area contributed by atoms with E-state index in [0.717, 1.165) is 5.56 Å². The molecular formula is C11H15ClO2. The number of rotatable bonds is 1. The first kappa shape index (κ1) is 13.0. The van der Waals surface area contributed by atoms with Gasteiger partial charge in [-0.15, -0.1) is 0 Å². The normalized spacial score (nSPS) is 8.93. The highest BCUT2D eigenvalue weighted by atomic mass is 35.5. The van der Waals surface area contributed by atoms with Gasteiger partial charge < -0.3 is 5.11 Å². The van der Waals surface area contributed by atoms with Gasteiger partial charge in [-0.3, -0.25) is 0 Å². The van der Waals surface area contributed by atoms with Crippen molar-refractivity contribution in [1.29, 1.82) is 0 Å². The summed E-state index contributed by atoms with van der Waals surface area (Å²) in [6, 6.07) is 3.25. The quantitative estimate of drug-likeness (QED) is 0.774. The van der Waals surface area contributed by atoms with E-state index in [4.69, 9.17) is 16.7 Å². The van der Waals surface area contributed by atoms with E-state index < -0.39 is 5.97 Å². The van der Waals surface area contributed by atoms with Crippen molar-refractivity contribution in [3.05, 3.63) is 33.8 Å². The fourth-order valence-corrected chi connectivity index (χ4v) is 1.23. The average Bonchev–Trinajstić information content (AvgIpc) is 2.14. The standard InChI is InChI=1S/C9H9ClO2.C2H6/c1-5-4-8(10)6(2)3-7(5)9(11)12;1-2/h3-4H,1-2H3,(H,11,12);1-2H3. The zero-order valence-corrected chi connectivity index (χ0v) is 9.64. The number of benzene rings is 1. The third kappa shape index (κ3) is 3.04. The maximum Gasteiger partial charge on any atom is 0.335 e. The fourth-order valence-electron chi connectivity index (χ4n) is 1.01. The number of carbonyl (C=O) groups is 1. The predicted octanol–water partition coefficient (Wildman–Crippen LogP) is 3.68. The molecule has 1 N–H and O–H groups in total. The van der Waals surface area contributed by atoms with E-state index >= 15 is 0 Å². The van der Waals surface area contributed by atoms with Crippen LogP contribution in [0.1, 0.15) is 35.3 Å². The minimum absolute atomic E-state index is 0.317. The summed E-state index contributed by atoms with van der Waals surface area (Å²) in [5.41, 5.74) is 1.80. The molecule has 78 valence electrons. The summed E-state index contributed by atoms with van der Waals surface area (Å²) >= 11 is 5.80. The molecule has 1 rings (SSSR count). The second-order valence-electron chi connectivity index (χ2n) is 2.72. The third-order valence-electron chi connectivity index (χ3n) is 1.74. The maximum absolute atomic E-state index is 10.6. The molecule has 2 nitrogen and oxygen atoms in total. The van der Waals surface area contributed by atoms with Gasteiger partial charge in [0.15, 0.2) is 0 Å². The lowest BCUT2D eigenvalue weighted by molar-refractivity contribution is 0.0696. The third-order valence-corrected chi connectivity index (χ3v) is 2.14. The fraction of sp³-hybridized carbons (Fsp3) is 0.364. The highest BCUT2D eigenvalue weighted by Gasteiger charge is 2.08. The van der Waals surface area contributed by atoms with Gasteiger partial charge in [-0.2, -0.15) is 0 Å². The van der Waals surface area contributed by atoms with Crippen LogP contribution in [0, 0.1) is 13.8 Å². The van der Waals surface area contributed by atoms with Crippen LogP contribution in [-0.4, -0.2) is 11.1 Å². The molecule has 0 aromatic heterocycles. The molecule has 0 amide bonds. The van der Waals surface area contributed by atoms with Gasteiger partial charge in [0, 0.05) is 5.02 Å². The summed E-state index contributed by atoms with van der Waals surface area (Å²) in [5.74, 6) is -0.910. The van der Waals surface area contributed by atoms with Crippen molar-refractivity contribution in [3.63, 3.8) is 0 Å². The molecule has 0 bridgehead atoms. The highest BCUT2D eigenvalue weighted by Crippen LogP contribution is 2.20. The van der Waals surface area contributed by atoms with E-state index in [-0.39, 0.29) is 0 Å². The number of aromatic carboxylic acids is 1. The van der Waals surface area contributed by atoms with Gasteiger partial charge in [0.2, 0.25) is 0 Å². The van der Waals surface area contributed by atoms with Crippen LogP contribution in [0.15, 0.2) is 12.1 Å². The van der Waals surface area contributed by atoms with Gasteiger partial charge in [-0.1, -0.05) is 25.4 Å². The Morgan fingerprint density at radius 2 is 1.71 bits per heavy atom. The Kier molecular flexibility index (Phi) is 5.24. The summed E-state index contributed by atoms with van der Waals surface area (Å²) in [6.45, 7) is 7.52. The van der Waals surface area contributed by atoms with Crippen molar-refractivity contribution in [3.8, 4) is 0 Å². The first-order valence-corrected chi connectivity index (χ1v) is 4.90. The predicted molar refractivity (Wildman–Crippen MR) is 59.2 cm³/mol. The summed E-state index contributed by atoms with van der Waals surface area (Å²) in [6.07, 6.45) is 0. The molecule has 3 heteroatoms. The summed E-state index contributed by atoms with van der Waals surface area (Å²) < 4.78 is 0. The minimum atomic E-state index is -0.910. The molecule has 1 aromatic carbocycles. The molecule has 0 spiro atoms. The Morgan fingerprint density at radius 1 is 1.21 bits per heavy atom. The van der Waals surface area contributed by atoms with Gasteiger partial charge in [0.05, 0.1) is 5.56 Å². The van der Waals surface area contributed by atoms with Crippen LogP contribution in [0.5, 0.6) is 0 Å². The topological polar surface area (TPSA) is 37.3 Å². The Bertz CT molecular complexity index is 332. The average molecular weight is 215 g/mol. The van der Waals surface area contributed by atoms with Crippen LogP contribution in [0.25, 0.3) is 0 Å². The summed E-state index contributed by atoms with van der Waals surface area (Å²) in [4.78, 5) is 10.6. The summed E-state index contributed by atoms with van der Waals surface area (Å²) in [5, 5.41) is 9.35. The number of aryl methyl sites for hydroxylation is 2. The molecule has 0 aliphatic carbocycles. The molecule has 0 heterocycles. The monoisotopic (exact) mass is 214 g/mol. The second-order valence-corrected chi connectivity index (χ2v) is 3.13. The lowest BCUT2D eigenvalue weighted by Gasteiger charge is -2.03. The number of carboxylic acid groups (broad SMARTS) is 1. The molecule has 0 aliphatic rings. The highest BCUT2D eigenvalue weighted by molar-refractivity contribution is 6.31. The molecule has 0 saturated carbocycles. The van der Waals surface area contributed by atoms with Crippen LogP contribution >= 0.6 is 11.6 Å². The van der Waals surface area contributed by atoms with Crippen LogP contribution < -0.4 is 0 Å². The Labute approximate surface area is 89.5 Å². The van der Waals surface area contributed by atoms with Gasteiger partial charge in [-0.05, 0) is 37.1 Å². The first-order chi connectivity index (χ1) is 6.52. The zero-order chi connectivity index (χ0) is 11.3. The molecule has 0 saturated heterocycles. The van der Waals surface area contributed by atoms with Crippen LogP contribution in [0.3, 0.4) is 0 Å². The minimum Gasteiger partial charge on any atom is -0.478 e. The largest absolute Gasteiger partial charge is 0.478 e. The van der Waals surface area contributed by atoms with E-state index in [0.29, 0.717) is 16.1 Å². The van der Waals surface area contributed by atoms with Crippen molar-refractivity contribution < 1.29 is 9.90 Å². The van der Waals surface area contributed by atoms with Gasteiger partial charge in [0.1, 0.15) is 0 Å². The van der Waals surface area contributed by atoms with Gasteiger partial charge in [-0.25, -0.2) is 4.79 Å². The van der Waals surface area contributed by atoms with E-state index in [1.54, 1.807) is 26.0 Å². The molecular weight excluding hydrogens is 200 g/mol. The van der Waals surface area contributed by atoms with Crippen LogP contribution in [0.2, 0.25) is 5.02 Å². The lowest BCUT2D eigenvalue weighted by Crippen LogP contribution is -2.00. The molecule has 0 aliphatic heterocycles. The molecule has 0 atom stereocenters. The van der Waals surface area contributed by atoms with Gasteiger partial charge in [0.25, 0.3) is 0 Å². The molecule has 14 heavy (non-hydrogen) atoms. The van der Waals surface area contributed by atoms with Crippen molar-refractivity contribution >= 4 is 17.6 Å². The van der Waals surface area contributed by atoms with Crippen molar-refractivity contribution in [2.45, 2.75) is 27.7 Å². The van der Waals surface area contributed by atoms with E-state index in [1.807, 2.05) is 13.8 Å². The zero-order valence-electron chi connectivity index (χ0n) is 8.89. The molecule has 0 radical (unpaired) electrons. The number of carboxylic acids is 1. The van der Waals surface area contributed by atoms with Crippen LogP contribution in [-0.2, 0) is 0 Å².